The van der Waals surface area contributed by atoms with Crippen LogP contribution in [-0.2, 0) is 30.8 Å². The normalized spacial score (nSPS) is 14.4. The van der Waals surface area contributed by atoms with Crippen molar-refractivity contribution in [3.63, 3.8) is 0 Å². The molecule has 3 heterocycles. The molecule has 9 nitrogen and oxygen atoms in total. The molecule has 2 aromatic heterocycles. The first-order valence-electron chi connectivity index (χ1n) is 11.0. The molecule has 1 aliphatic heterocycles. The van der Waals surface area contributed by atoms with Crippen molar-refractivity contribution in [2.45, 2.75) is 29.9 Å². The number of anilines is 1. The summed E-state index contributed by atoms with van der Waals surface area (Å²) < 4.78 is 37.4. The highest BCUT2D eigenvalue weighted by Crippen LogP contribution is 2.28. The van der Waals surface area contributed by atoms with Gasteiger partial charge in [-0.1, -0.05) is 6.42 Å². The molecule has 0 radical (unpaired) electrons. The quantitative estimate of drug-likeness (QED) is 0.415. The Kier molecular flexibility index (Phi) is 8.16. The number of carbonyl (C=O) groups is 2. The average molecular weight is 536 g/mol. The smallest absolute Gasteiger partial charge is 0.311 e. The number of piperidine rings is 1. The van der Waals surface area contributed by atoms with Crippen LogP contribution in [0.3, 0.4) is 0 Å². The lowest BCUT2D eigenvalue weighted by atomic mass is 10.2. The fraction of sp³-hybridized carbons (Fsp3) is 0.348. The number of thiazole rings is 1. The second-order valence-electron chi connectivity index (χ2n) is 7.84. The largest absolute Gasteiger partial charge is 0.497 e. The monoisotopic (exact) mass is 535 g/mol. The number of nitrogens with zero attached hydrogens (tertiary/aromatic N) is 2. The van der Waals surface area contributed by atoms with E-state index in [1.807, 2.05) is 29.6 Å². The van der Waals surface area contributed by atoms with Gasteiger partial charge in [0.1, 0.15) is 9.96 Å². The summed E-state index contributed by atoms with van der Waals surface area (Å²) in [7, 11) is -1.94. The predicted molar refractivity (Wildman–Crippen MR) is 134 cm³/mol. The van der Waals surface area contributed by atoms with Crippen LogP contribution in [0.25, 0.3) is 11.3 Å². The number of benzene rings is 1. The van der Waals surface area contributed by atoms with Crippen LogP contribution in [0.5, 0.6) is 5.75 Å². The van der Waals surface area contributed by atoms with Crippen molar-refractivity contribution in [2.24, 2.45) is 0 Å². The fourth-order valence-corrected chi connectivity index (χ4v) is 7.29. The van der Waals surface area contributed by atoms with Crippen LogP contribution in [0.15, 0.2) is 46.0 Å². The van der Waals surface area contributed by atoms with Crippen molar-refractivity contribution >= 4 is 49.7 Å². The zero-order valence-electron chi connectivity index (χ0n) is 19.1. The molecule has 1 N–H and O–H groups in total. The summed E-state index contributed by atoms with van der Waals surface area (Å²) in [4.78, 5) is 29.3. The van der Waals surface area contributed by atoms with Gasteiger partial charge in [-0.2, -0.15) is 4.31 Å². The van der Waals surface area contributed by atoms with Crippen molar-refractivity contribution in [1.29, 1.82) is 0 Å². The maximum Gasteiger partial charge on any atom is 0.311 e. The Hall–Kier alpha value is -2.80. The fourth-order valence-electron chi connectivity index (χ4n) is 3.54. The highest BCUT2D eigenvalue weighted by atomic mass is 32.2. The number of methoxy groups -OCH3 is 1. The number of carbonyl (C=O) groups excluding carboxylic acids is 2. The van der Waals surface area contributed by atoms with Gasteiger partial charge >= 0.3 is 5.97 Å². The third kappa shape index (κ3) is 6.45. The van der Waals surface area contributed by atoms with E-state index in [1.165, 1.54) is 21.7 Å². The molecule has 1 aliphatic rings. The number of amides is 1. The predicted octanol–water partition coefficient (Wildman–Crippen LogP) is 3.78. The maximum absolute atomic E-state index is 12.8. The number of thiophene rings is 1. The molecule has 0 aliphatic carbocycles. The second-order valence-corrected chi connectivity index (χ2v) is 12.0. The van der Waals surface area contributed by atoms with Crippen molar-refractivity contribution in [2.75, 3.05) is 32.1 Å². The Morgan fingerprint density at radius 1 is 1.09 bits per heavy atom. The molecule has 12 heteroatoms. The highest BCUT2D eigenvalue weighted by molar-refractivity contribution is 7.91. The molecule has 1 aromatic carbocycles. The van der Waals surface area contributed by atoms with Gasteiger partial charge in [0.25, 0.3) is 15.9 Å². The van der Waals surface area contributed by atoms with Crippen LogP contribution >= 0.6 is 22.7 Å². The van der Waals surface area contributed by atoms with Crippen molar-refractivity contribution < 1.29 is 27.5 Å². The van der Waals surface area contributed by atoms with E-state index >= 15 is 0 Å². The second kappa shape index (κ2) is 11.3. The zero-order chi connectivity index (χ0) is 24.8. The summed E-state index contributed by atoms with van der Waals surface area (Å²) in [6.07, 6.45) is 2.64. The van der Waals surface area contributed by atoms with Gasteiger partial charge in [0.2, 0.25) is 0 Å². The molecule has 0 spiro atoms. The number of hydrogen-bond donors (Lipinski definition) is 1. The first-order chi connectivity index (χ1) is 16.8. The third-order valence-corrected chi connectivity index (χ3v) is 9.57. The number of nitrogens with one attached hydrogen (secondary N) is 1. The van der Waals surface area contributed by atoms with Crippen LogP contribution in [0.2, 0.25) is 0 Å². The molecular formula is C23H25N3O6S3. The van der Waals surface area contributed by atoms with Crippen LogP contribution in [-0.4, -0.2) is 56.4 Å². The van der Waals surface area contributed by atoms with Crippen molar-refractivity contribution in [3.8, 4) is 17.0 Å². The molecule has 0 saturated carbocycles. The van der Waals surface area contributed by atoms with E-state index in [0.29, 0.717) is 28.8 Å². The number of ether oxygens (including phenoxy) is 2. The van der Waals surface area contributed by atoms with Gasteiger partial charge in [0.15, 0.2) is 11.7 Å². The Labute approximate surface area is 211 Å². The van der Waals surface area contributed by atoms with E-state index in [0.717, 1.165) is 41.9 Å². The van der Waals surface area contributed by atoms with Gasteiger partial charge in [-0.3, -0.25) is 14.9 Å². The van der Waals surface area contributed by atoms with Gasteiger partial charge in [0.05, 0.1) is 19.2 Å². The lowest BCUT2D eigenvalue weighted by molar-refractivity contribution is -0.146. The minimum absolute atomic E-state index is 0.105. The summed E-state index contributed by atoms with van der Waals surface area (Å²) >= 11 is 2.32. The summed E-state index contributed by atoms with van der Waals surface area (Å²) in [6.45, 7) is 0.585. The van der Waals surface area contributed by atoms with Crippen LogP contribution < -0.4 is 10.1 Å². The molecule has 1 amide bonds. The molecule has 35 heavy (non-hydrogen) atoms. The molecular weight excluding hydrogens is 510 g/mol. The van der Waals surface area contributed by atoms with E-state index in [1.54, 1.807) is 13.2 Å². The van der Waals surface area contributed by atoms with Gasteiger partial charge in [-0.05, 0) is 49.2 Å². The average Bonchev–Trinajstić information content (AvgIpc) is 3.54. The molecule has 3 aromatic rings. The summed E-state index contributed by atoms with van der Waals surface area (Å²) in [5, 5.41) is 4.83. The first kappa shape index (κ1) is 25.3. The summed E-state index contributed by atoms with van der Waals surface area (Å²) in [6, 6.07) is 10.5. The Bertz CT molecular complexity index is 1280. The van der Waals surface area contributed by atoms with E-state index in [2.05, 4.69) is 10.3 Å². The first-order valence-corrected chi connectivity index (χ1v) is 14.1. The van der Waals surface area contributed by atoms with Gasteiger partial charge in [-0.25, -0.2) is 13.4 Å². The standard InChI is InChI=1S/C23H25N3O6S3/c1-31-17-7-5-16(6-8-17)19-15-33-23(24-19)25-20(27)14-32-21(28)13-18-9-10-22(34-18)35(29,30)26-11-3-2-4-12-26/h5-10,15H,2-4,11-14H2,1H3,(H,24,25,27). The van der Waals surface area contributed by atoms with Gasteiger partial charge in [0, 0.05) is 28.9 Å². The number of esters is 1. The lowest BCUT2D eigenvalue weighted by Gasteiger charge is -2.25. The minimum Gasteiger partial charge on any atom is -0.497 e. The number of hydrogen-bond acceptors (Lipinski definition) is 9. The number of rotatable bonds is 9. The van der Waals surface area contributed by atoms with Crippen LogP contribution in [0.1, 0.15) is 24.1 Å². The summed E-state index contributed by atoms with van der Waals surface area (Å²) in [5.74, 6) is -0.378. The van der Waals surface area contributed by atoms with Crippen LogP contribution in [0, 0.1) is 0 Å². The SMILES string of the molecule is COc1ccc(-c2csc(NC(=O)COC(=O)Cc3ccc(S(=O)(=O)N4CCCCC4)s3)n2)cc1. The van der Waals surface area contributed by atoms with E-state index in [9.17, 15) is 18.0 Å². The number of sulfonamides is 1. The van der Waals surface area contributed by atoms with Crippen molar-refractivity contribution in [1.82, 2.24) is 9.29 Å². The van der Waals surface area contributed by atoms with Gasteiger partial charge in [-0.15, -0.1) is 22.7 Å². The maximum atomic E-state index is 12.8. The molecule has 0 unspecified atom stereocenters. The van der Waals surface area contributed by atoms with Crippen molar-refractivity contribution in [3.05, 3.63) is 46.7 Å². The van der Waals surface area contributed by atoms with E-state index in [-0.39, 0.29) is 10.6 Å². The topological polar surface area (TPSA) is 115 Å². The lowest BCUT2D eigenvalue weighted by Crippen LogP contribution is -2.35. The highest BCUT2D eigenvalue weighted by Gasteiger charge is 2.27. The molecule has 0 bridgehead atoms. The van der Waals surface area contributed by atoms with Crippen LogP contribution in [0.4, 0.5) is 5.13 Å². The van der Waals surface area contributed by atoms with Gasteiger partial charge < -0.3 is 9.47 Å². The Morgan fingerprint density at radius 2 is 1.83 bits per heavy atom. The molecule has 0 atom stereocenters. The molecule has 1 saturated heterocycles. The Morgan fingerprint density at radius 3 is 2.54 bits per heavy atom. The molecule has 4 rings (SSSR count). The molecule has 186 valence electrons. The van der Waals surface area contributed by atoms with E-state index < -0.39 is 28.5 Å². The minimum atomic E-state index is -3.54. The third-order valence-electron chi connectivity index (χ3n) is 5.37. The summed E-state index contributed by atoms with van der Waals surface area (Å²) in [5.41, 5.74) is 1.59. The van der Waals surface area contributed by atoms with E-state index in [4.69, 9.17) is 9.47 Å². The zero-order valence-corrected chi connectivity index (χ0v) is 21.5. The number of aromatic nitrogens is 1. The Balaban J connectivity index is 1.25. The molecule has 1 fully saturated rings.